The van der Waals surface area contributed by atoms with Crippen LogP contribution in [-0.4, -0.2) is 25.8 Å². The number of carbonyl (C=O) groups is 2. The quantitative estimate of drug-likeness (QED) is 0.785. The summed E-state index contributed by atoms with van der Waals surface area (Å²) in [6.07, 6.45) is 1.40. The van der Waals surface area contributed by atoms with Crippen molar-refractivity contribution in [1.29, 1.82) is 0 Å². The van der Waals surface area contributed by atoms with Gasteiger partial charge in [0.15, 0.2) is 5.78 Å². The van der Waals surface area contributed by atoms with Gasteiger partial charge in [-0.25, -0.2) is 0 Å². The smallest absolute Gasteiger partial charge is 0.311 e. The van der Waals surface area contributed by atoms with Crippen molar-refractivity contribution in [2.75, 3.05) is 19.0 Å². The summed E-state index contributed by atoms with van der Waals surface area (Å²) in [4.78, 5) is 26.7. The van der Waals surface area contributed by atoms with Gasteiger partial charge in [0, 0.05) is 44.1 Å². The molecule has 1 aromatic carbocycles. The number of carbonyl (C=O) groups excluding carboxylic acids is 2. The molecule has 2 aliphatic rings. The second kappa shape index (κ2) is 5.52. The number of allylic oxidation sites excluding steroid dienone is 2. The molecular weight excluding hydrogens is 290 g/mol. The standard InChI is InChI=1S/C19H23NO3/c1-19(2)10-15(21)18-14(9-17(22)23-16(18)11-19)12-5-7-13(8-6-12)20(3)4/h5-8,14H,9-11H2,1-4H3/t14-/m1/s1. The van der Waals surface area contributed by atoms with Crippen molar-refractivity contribution in [2.24, 2.45) is 5.41 Å². The highest BCUT2D eigenvalue weighted by atomic mass is 16.5. The molecule has 0 fully saturated rings. The first-order valence-electron chi connectivity index (χ1n) is 8.01. The van der Waals surface area contributed by atoms with Gasteiger partial charge in [-0.3, -0.25) is 9.59 Å². The van der Waals surface area contributed by atoms with E-state index in [1.165, 1.54) is 0 Å². The Hall–Kier alpha value is -2.10. The normalized spacial score (nSPS) is 23.4. The van der Waals surface area contributed by atoms with E-state index >= 15 is 0 Å². The number of Topliss-reactive ketones (excluding diaryl/α,β-unsaturated/α-hetero) is 1. The zero-order valence-electron chi connectivity index (χ0n) is 14.2. The largest absolute Gasteiger partial charge is 0.431 e. The van der Waals surface area contributed by atoms with Gasteiger partial charge < -0.3 is 9.64 Å². The third kappa shape index (κ3) is 3.03. The van der Waals surface area contributed by atoms with Gasteiger partial charge in [-0.15, -0.1) is 0 Å². The Morgan fingerprint density at radius 3 is 2.35 bits per heavy atom. The van der Waals surface area contributed by atoms with Gasteiger partial charge >= 0.3 is 5.97 Å². The van der Waals surface area contributed by atoms with Crippen LogP contribution in [0, 0.1) is 5.41 Å². The summed E-state index contributed by atoms with van der Waals surface area (Å²) in [6, 6.07) is 8.06. The minimum atomic E-state index is -0.240. The summed E-state index contributed by atoms with van der Waals surface area (Å²) in [6.45, 7) is 4.08. The lowest BCUT2D eigenvalue weighted by Gasteiger charge is -2.36. The van der Waals surface area contributed by atoms with Crippen LogP contribution in [-0.2, 0) is 14.3 Å². The van der Waals surface area contributed by atoms with Gasteiger partial charge in [0.05, 0.1) is 6.42 Å². The van der Waals surface area contributed by atoms with E-state index in [-0.39, 0.29) is 29.5 Å². The average molecular weight is 313 g/mol. The summed E-state index contributed by atoms with van der Waals surface area (Å²) < 4.78 is 5.42. The van der Waals surface area contributed by atoms with E-state index in [0.717, 1.165) is 11.3 Å². The molecule has 0 saturated carbocycles. The number of ketones is 1. The van der Waals surface area contributed by atoms with Crippen LogP contribution in [0.1, 0.15) is 44.6 Å². The van der Waals surface area contributed by atoms with Gasteiger partial charge in [0.1, 0.15) is 5.76 Å². The Kier molecular flexibility index (Phi) is 3.78. The third-order valence-corrected chi connectivity index (χ3v) is 4.65. The van der Waals surface area contributed by atoms with Gasteiger partial charge in [0.25, 0.3) is 0 Å². The van der Waals surface area contributed by atoms with Crippen LogP contribution in [0.25, 0.3) is 0 Å². The highest BCUT2D eigenvalue weighted by Gasteiger charge is 2.41. The fourth-order valence-electron chi connectivity index (χ4n) is 3.49. The predicted molar refractivity (Wildman–Crippen MR) is 89.3 cm³/mol. The van der Waals surface area contributed by atoms with Gasteiger partial charge in [-0.2, -0.15) is 0 Å². The first-order valence-corrected chi connectivity index (χ1v) is 8.01. The molecule has 1 heterocycles. The molecule has 0 saturated heterocycles. The first kappa shape index (κ1) is 15.8. The molecule has 1 aliphatic heterocycles. The molecule has 0 aromatic heterocycles. The molecule has 0 spiro atoms. The van der Waals surface area contributed by atoms with E-state index in [2.05, 4.69) is 0 Å². The number of rotatable bonds is 2. The number of benzene rings is 1. The van der Waals surface area contributed by atoms with Crippen molar-refractivity contribution in [3.8, 4) is 0 Å². The lowest BCUT2D eigenvalue weighted by molar-refractivity contribution is -0.142. The van der Waals surface area contributed by atoms with E-state index < -0.39 is 0 Å². The maximum absolute atomic E-state index is 12.7. The van der Waals surface area contributed by atoms with Crippen molar-refractivity contribution >= 4 is 17.4 Å². The maximum atomic E-state index is 12.7. The second-order valence-corrected chi connectivity index (χ2v) is 7.49. The second-order valence-electron chi connectivity index (χ2n) is 7.49. The molecule has 1 aliphatic carbocycles. The maximum Gasteiger partial charge on any atom is 0.311 e. The zero-order chi connectivity index (χ0) is 16.8. The lowest BCUT2D eigenvalue weighted by Crippen LogP contribution is -2.33. The fourth-order valence-corrected chi connectivity index (χ4v) is 3.49. The van der Waals surface area contributed by atoms with Gasteiger partial charge in [-0.1, -0.05) is 26.0 Å². The minimum absolute atomic E-state index is 0.116. The number of ether oxygens (including phenoxy) is 1. The SMILES string of the molecule is CN(C)c1ccc([C@H]2CC(=O)OC3=C2C(=O)CC(C)(C)C3)cc1. The van der Waals surface area contributed by atoms with E-state index in [0.29, 0.717) is 24.2 Å². The molecule has 1 aromatic rings. The molecule has 0 amide bonds. The Bertz CT molecular complexity index is 683. The van der Waals surface area contributed by atoms with Crippen molar-refractivity contribution in [3.05, 3.63) is 41.2 Å². The highest BCUT2D eigenvalue weighted by molar-refractivity contribution is 6.00. The Balaban J connectivity index is 2.01. The van der Waals surface area contributed by atoms with Crippen LogP contribution in [0.15, 0.2) is 35.6 Å². The molecule has 3 rings (SSSR count). The molecule has 23 heavy (non-hydrogen) atoms. The van der Waals surface area contributed by atoms with E-state index in [4.69, 9.17) is 4.74 Å². The topological polar surface area (TPSA) is 46.6 Å². The van der Waals surface area contributed by atoms with E-state index in [9.17, 15) is 9.59 Å². The summed E-state index contributed by atoms with van der Waals surface area (Å²) in [5.41, 5.74) is 2.67. The van der Waals surface area contributed by atoms with Crippen molar-refractivity contribution in [3.63, 3.8) is 0 Å². The lowest BCUT2D eigenvalue weighted by atomic mass is 9.71. The third-order valence-electron chi connectivity index (χ3n) is 4.65. The van der Waals surface area contributed by atoms with Crippen LogP contribution >= 0.6 is 0 Å². The van der Waals surface area contributed by atoms with Crippen LogP contribution in [0.4, 0.5) is 5.69 Å². The van der Waals surface area contributed by atoms with Crippen LogP contribution in [0.3, 0.4) is 0 Å². The predicted octanol–water partition coefficient (Wildman–Crippen LogP) is 3.43. The van der Waals surface area contributed by atoms with Crippen LogP contribution in [0.5, 0.6) is 0 Å². The molecular formula is C19H23NO3. The van der Waals surface area contributed by atoms with Crippen molar-refractivity contribution < 1.29 is 14.3 Å². The zero-order valence-corrected chi connectivity index (χ0v) is 14.2. The molecule has 0 bridgehead atoms. The molecule has 122 valence electrons. The summed E-state index contributed by atoms with van der Waals surface area (Å²) in [5.74, 6) is 0.289. The van der Waals surface area contributed by atoms with Crippen LogP contribution in [0.2, 0.25) is 0 Å². The molecule has 4 heteroatoms. The van der Waals surface area contributed by atoms with Crippen molar-refractivity contribution in [1.82, 2.24) is 0 Å². The first-order chi connectivity index (χ1) is 10.8. The number of anilines is 1. The van der Waals surface area contributed by atoms with Crippen molar-refractivity contribution in [2.45, 2.75) is 39.0 Å². The van der Waals surface area contributed by atoms with E-state index in [1.54, 1.807) is 0 Å². The highest BCUT2D eigenvalue weighted by Crippen LogP contribution is 2.45. The summed E-state index contributed by atoms with van der Waals surface area (Å²) >= 11 is 0. The minimum Gasteiger partial charge on any atom is -0.431 e. The number of hydrogen-bond acceptors (Lipinski definition) is 4. The Morgan fingerprint density at radius 2 is 1.74 bits per heavy atom. The van der Waals surface area contributed by atoms with Gasteiger partial charge in [-0.05, 0) is 23.1 Å². The summed E-state index contributed by atoms with van der Waals surface area (Å²) in [7, 11) is 3.97. The average Bonchev–Trinajstić information content (AvgIpc) is 2.44. The molecule has 0 unspecified atom stereocenters. The number of esters is 1. The summed E-state index contributed by atoms with van der Waals surface area (Å²) in [5, 5.41) is 0. The molecule has 0 N–H and O–H groups in total. The van der Waals surface area contributed by atoms with Gasteiger partial charge in [0.2, 0.25) is 0 Å². The number of nitrogens with zero attached hydrogens (tertiary/aromatic N) is 1. The molecule has 4 nitrogen and oxygen atoms in total. The Labute approximate surface area is 137 Å². The Morgan fingerprint density at radius 1 is 1.09 bits per heavy atom. The molecule has 1 atom stereocenters. The fraction of sp³-hybridized carbons (Fsp3) is 0.474. The molecule has 0 radical (unpaired) electrons. The number of hydrogen-bond donors (Lipinski definition) is 0. The van der Waals surface area contributed by atoms with E-state index in [1.807, 2.05) is 57.1 Å². The van der Waals surface area contributed by atoms with Crippen LogP contribution < -0.4 is 4.90 Å². The monoisotopic (exact) mass is 313 g/mol.